The van der Waals surface area contributed by atoms with Crippen LogP contribution in [0.3, 0.4) is 0 Å². The zero-order valence-electron chi connectivity index (χ0n) is 24.8. The Morgan fingerprint density at radius 1 is 0.791 bits per heavy atom. The predicted octanol–water partition coefficient (Wildman–Crippen LogP) is 3.84. The van der Waals surface area contributed by atoms with E-state index in [1.54, 1.807) is 25.3 Å². The van der Waals surface area contributed by atoms with Crippen LogP contribution in [0.4, 0.5) is 11.5 Å². The maximum absolute atomic E-state index is 11.9. The zero-order chi connectivity index (χ0) is 32.0. The topological polar surface area (TPSA) is 180 Å². The minimum absolute atomic E-state index is 0.222. The summed E-state index contributed by atoms with van der Waals surface area (Å²) < 4.78 is 0. The summed E-state index contributed by atoms with van der Waals surface area (Å²) in [6.07, 6.45) is 2.58. The quantitative estimate of drug-likeness (QED) is 0.203. The number of pyridine rings is 3. The lowest BCUT2D eigenvalue weighted by Crippen LogP contribution is -2.20. The van der Waals surface area contributed by atoms with Gasteiger partial charge in [0.15, 0.2) is 5.56 Å². The number of carboxylic acids is 2. The van der Waals surface area contributed by atoms with E-state index in [1.807, 2.05) is 69.2 Å². The number of aryl methyl sites for hydroxylation is 1. The van der Waals surface area contributed by atoms with Crippen LogP contribution >= 0.6 is 0 Å². The second kappa shape index (κ2) is 13.5. The van der Waals surface area contributed by atoms with Crippen molar-refractivity contribution >= 4 is 23.4 Å². The Bertz CT molecular complexity index is 1740. The van der Waals surface area contributed by atoms with Crippen LogP contribution in [0.5, 0.6) is 5.75 Å². The third-order valence-corrected chi connectivity index (χ3v) is 6.76. The molecule has 0 amide bonds. The molecule has 226 valence electrons. The molecule has 0 saturated heterocycles. The minimum Gasteiger partial charge on any atom is -0.506 e. The van der Waals surface area contributed by atoms with E-state index in [9.17, 15) is 24.3 Å². The highest BCUT2D eigenvalue weighted by molar-refractivity contribution is 5.92. The van der Waals surface area contributed by atoms with Crippen LogP contribution in [0, 0.1) is 0 Å². The largest absolute Gasteiger partial charge is 0.506 e. The van der Waals surface area contributed by atoms with Gasteiger partial charge in [0.05, 0.1) is 11.4 Å². The fourth-order valence-electron chi connectivity index (χ4n) is 4.41. The maximum atomic E-state index is 11.9. The summed E-state index contributed by atoms with van der Waals surface area (Å²) >= 11 is 0. The summed E-state index contributed by atoms with van der Waals surface area (Å²) in [5.41, 5.74) is 2.49. The zero-order valence-corrected chi connectivity index (χ0v) is 24.8. The van der Waals surface area contributed by atoms with Gasteiger partial charge in [-0.2, -0.15) is 0 Å². The fraction of sp³-hybridized carbons (Fsp3) is 0.258. The number of aromatic nitrogens is 3. The second-order valence-corrected chi connectivity index (χ2v) is 10.0. The van der Waals surface area contributed by atoms with Gasteiger partial charge in [0.25, 0.3) is 11.1 Å². The first kappa shape index (κ1) is 32.1. The molecular weight excluding hydrogens is 554 g/mol. The lowest BCUT2D eigenvalue weighted by molar-refractivity contribution is 0.0682. The number of carboxylic acid groups (broad SMARTS) is 2. The summed E-state index contributed by atoms with van der Waals surface area (Å²) in [6.45, 7) is 3.70. The molecule has 43 heavy (non-hydrogen) atoms. The van der Waals surface area contributed by atoms with Crippen LogP contribution in [-0.2, 0) is 12.8 Å². The molecule has 3 heterocycles. The molecule has 1 aromatic carbocycles. The molecule has 5 N–H and O–H groups in total. The Hall–Kier alpha value is -5.39. The molecule has 4 rings (SSSR count). The second-order valence-electron chi connectivity index (χ2n) is 10.0. The Kier molecular flexibility index (Phi) is 10.1. The number of hydrogen-bond acceptors (Lipinski definition) is 8. The van der Waals surface area contributed by atoms with Crippen molar-refractivity contribution < 1.29 is 24.9 Å². The van der Waals surface area contributed by atoms with Crippen molar-refractivity contribution in [2.75, 3.05) is 38.0 Å². The van der Waals surface area contributed by atoms with Gasteiger partial charge in [-0.3, -0.25) is 9.59 Å². The van der Waals surface area contributed by atoms with E-state index in [1.165, 1.54) is 6.07 Å². The number of hydrogen-bond donors (Lipinski definition) is 5. The predicted molar refractivity (Wildman–Crippen MR) is 166 cm³/mol. The van der Waals surface area contributed by atoms with Gasteiger partial charge in [0, 0.05) is 51.2 Å². The molecule has 0 aliphatic rings. The van der Waals surface area contributed by atoms with Gasteiger partial charge in [-0.25, -0.2) is 14.6 Å². The minimum atomic E-state index is -1.46. The highest BCUT2D eigenvalue weighted by atomic mass is 16.4. The Balaban J connectivity index is 0.000000236. The normalized spacial score (nSPS) is 10.5. The molecule has 12 nitrogen and oxygen atoms in total. The number of anilines is 2. The van der Waals surface area contributed by atoms with E-state index in [4.69, 9.17) is 10.2 Å². The number of H-pyrrole nitrogens is 2. The fourth-order valence-corrected chi connectivity index (χ4v) is 4.41. The molecule has 3 aromatic heterocycles. The molecule has 0 aliphatic heterocycles. The van der Waals surface area contributed by atoms with Gasteiger partial charge in [0.2, 0.25) is 0 Å². The van der Waals surface area contributed by atoms with Gasteiger partial charge in [-0.15, -0.1) is 0 Å². The number of nitrogens with one attached hydrogen (secondary N) is 2. The van der Waals surface area contributed by atoms with Crippen LogP contribution in [0.1, 0.15) is 45.7 Å². The summed E-state index contributed by atoms with van der Waals surface area (Å²) in [6, 6.07) is 12.7. The van der Waals surface area contributed by atoms with Gasteiger partial charge in [0.1, 0.15) is 17.1 Å². The van der Waals surface area contributed by atoms with E-state index in [0.29, 0.717) is 35.4 Å². The smallest absolute Gasteiger partial charge is 0.345 e. The van der Waals surface area contributed by atoms with Crippen LogP contribution in [-0.4, -0.2) is 70.4 Å². The molecule has 0 unspecified atom stereocenters. The first-order valence-electron chi connectivity index (χ1n) is 13.4. The van der Waals surface area contributed by atoms with Crippen LogP contribution in [0.25, 0.3) is 22.5 Å². The lowest BCUT2D eigenvalue weighted by atomic mass is 10.0. The molecule has 4 aromatic rings. The Morgan fingerprint density at radius 3 is 1.86 bits per heavy atom. The average Bonchev–Trinajstić information content (AvgIpc) is 2.96. The van der Waals surface area contributed by atoms with Crippen molar-refractivity contribution in [1.82, 2.24) is 15.0 Å². The highest BCUT2D eigenvalue weighted by Crippen LogP contribution is 2.30. The molecule has 0 atom stereocenters. The molecular formula is C31H35N5O7. The van der Waals surface area contributed by atoms with Gasteiger partial charge < -0.3 is 35.1 Å². The third kappa shape index (κ3) is 7.10. The molecule has 0 bridgehead atoms. The molecule has 0 spiro atoms. The number of rotatable bonds is 8. The van der Waals surface area contributed by atoms with E-state index >= 15 is 0 Å². The number of carbonyl (C=O) groups is 2. The molecule has 0 aliphatic carbocycles. The van der Waals surface area contributed by atoms with Crippen LogP contribution in [0.2, 0.25) is 0 Å². The van der Waals surface area contributed by atoms with Gasteiger partial charge >= 0.3 is 11.9 Å². The maximum Gasteiger partial charge on any atom is 0.345 e. The average molecular weight is 590 g/mol. The molecule has 0 saturated carbocycles. The number of benzene rings is 1. The summed E-state index contributed by atoms with van der Waals surface area (Å²) in [4.78, 5) is 59.2. The van der Waals surface area contributed by atoms with Gasteiger partial charge in [-0.05, 0) is 54.3 Å². The van der Waals surface area contributed by atoms with E-state index in [-0.39, 0.29) is 5.56 Å². The van der Waals surface area contributed by atoms with Crippen molar-refractivity contribution in [1.29, 1.82) is 0 Å². The highest BCUT2D eigenvalue weighted by Gasteiger charge is 2.22. The number of nitrogens with zero attached hydrogens (tertiary/aromatic N) is 3. The SMILES string of the molecule is CCc1c(-c2ccc(N(C)C)nc2)[nH]c(=O)c(C(=O)O)c1O.CCc1cc(C(=O)O)c(=O)[nH]c1-c1ccc(N(C)C)cc1. The summed E-state index contributed by atoms with van der Waals surface area (Å²) in [5, 5.41) is 28.1. The summed E-state index contributed by atoms with van der Waals surface area (Å²) in [5.74, 6) is -2.41. The van der Waals surface area contributed by atoms with E-state index in [0.717, 1.165) is 22.6 Å². The standard InChI is InChI=1S/C16H18N2O3.C15H17N3O4/c1-4-10-9-13(16(20)21)15(19)17-14(10)11-5-7-12(8-6-11)18(2)3;1-4-9-12(8-5-6-10(16-7-8)18(2)3)17-14(20)11(13(9)19)15(21)22/h5-9H,4H2,1-3H3,(H,17,19)(H,20,21);5-7H,4H2,1-3H3,(H,21,22)(H2,17,19,20). The monoisotopic (exact) mass is 589 g/mol. The number of aromatic carboxylic acids is 2. The van der Waals surface area contributed by atoms with Crippen molar-refractivity contribution in [3.8, 4) is 28.3 Å². The van der Waals surface area contributed by atoms with Crippen LogP contribution < -0.4 is 20.9 Å². The van der Waals surface area contributed by atoms with Crippen molar-refractivity contribution in [2.24, 2.45) is 0 Å². The molecule has 0 fully saturated rings. The van der Waals surface area contributed by atoms with E-state index < -0.39 is 34.4 Å². The van der Waals surface area contributed by atoms with E-state index in [2.05, 4.69) is 15.0 Å². The van der Waals surface area contributed by atoms with Gasteiger partial charge in [-0.1, -0.05) is 26.0 Å². The third-order valence-electron chi connectivity index (χ3n) is 6.76. The van der Waals surface area contributed by atoms with Crippen LogP contribution in [0.15, 0.2) is 58.3 Å². The Morgan fingerprint density at radius 2 is 1.40 bits per heavy atom. The number of aromatic amines is 2. The molecule has 0 radical (unpaired) electrons. The lowest BCUT2D eigenvalue weighted by Gasteiger charge is -2.14. The van der Waals surface area contributed by atoms with Crippen molar-refractivity contribution in [3.63, 3.8) is 0 Å². The first-order chi connectivity index (χ1) is 20.3. The first-order valence-corrected chi connectivity index (χ1v) is 13.4. The van der Waals surface area contributed by atoms with Crippen molar-refractivity contribution in [3.05, 3.63) is 91.6 Å². The van der Waals surface area contributed by atoms with Crippen molar-refractivity contribution in [2.45, 2.75) is 26.7 Å². The number of aromatic hydroxyl groups is 1. The Labute approximate surface area is 247 Å². The summed E-state index contributed by atoms with van der Waals surface area (Å²) in [7, 11) is 7.62. The molecule has 12 heteroatoms.